The van der Waals surface area contributed by atoms with Crippen molar-refractivity contribution in [3.8, 4) is 11.5 Å². The van der Waals surface area contributed by atoms with E-state index in [0.717, 1.165) is 10.9 Å². The maximum atomic E-state index is 13.1. The molecule has 0 aliphatic carbocycles. The van der Waals surface area contributed by atoms with E-state index in [-0.39, 0.29) is 22.9 Å². The molecule has 0 atom stereocenters. The lowest BCUT2D eigenvalue weighted by atomic mass is 10.2. The van der Waals surface area contributed by atoms with Gasteiger partial charge in [0.2, 0.25) is 0 Å². The third-order valence-electron chi connectivity index (χ3n) is 4.56. The van der Waals surface area contributed by atoms with Crippen LogP contribution in [-0.2, 0) is 16.0 Å². The highest BCUT2D eigenvalue weighted by Crippen LogP contribution is 2.36. The number of benzene rings is 2. The number of rotatable bonds is 9. The Morgan fingerprint density at radius 3 is 2.73 bits per heavy atom. The topological polar surface area (TPSA) is 92.0 Å². The molecule has 10 heteroatoms. The molecule has 1 aromatic heterocycles. The fourth-order valence-corrected chi connectivity index (χ4v) is 3.71. The summed E-state index contributed by atoms with van der Waals surface area (Å²) in [6.07, 6.45) is 2.89. The molecule has 0 saturated carbocycles. The van der Waals surface area contributed by atoms with Crippen LogP contribution < -0.4 is 15.0 Å². The Bertz CT molecular complexity index is 1260. The molecule has 0 N–H and O–H groups in total. The van der Waals surface area contributed by atoms with E-state index in [4.69, 9.17) is 21.1 Å². The van der Waals surface area contributed by atoms with Gasteiger partial charge in [-0.15, -0.1) is 0 Å². The molecular weight excluding hydrogens is 514 g/mol. The summed E-state index contributed by atoms with van der Waals surface area (Å²) in [5.74, 6) is 0.583. The lowest BCUT2D eigenvalue weighted by Gasteiger charge is -2.14. The van der Waals surface area contributed by atoms with Gasteiger partial charge in [0, 0.05) is 10.9 Å². The van der Waals surface area contributed by atoms with Crippen molar-refractivity contribution in [1.29, 1.82) is 0 Å². The van der Waals surface area contributed by atoms with Crippen LogP contribution in [0.1, 0.15) is 31.7 Å². The van der Waals surface area contributed by atoms with Crippen LogP contribution in [0, 0.1) is 0 Å². The molecule has 0 aliphatic heterocycles. The van der Waals surface area contributed by atoms with Crippen molar-refractivity contribution in [3.63, 3.8) is 0 Å². The van der Waals surface area contributed by atoms with Crippen LogP contribution >= 0.6 is 27.5 Å². The molecule has 3 aromatic rings. The van der Waals surface area contributed by atoms with Crippen LogP contribution in [0.4, 0.5) is 0 Å². The summed E-state index contributed by atoms with van der Waals surface area (Å²) in [4.78, 5) is 29.2. The van der Waals surface area contributed by atoms with Gasteiger partial charge in [-0.3, -0.25) is 4.79 Å². The number of ether oxygens (including phenoxy) is 3. The number of halogens is 2. The van der Waals surface area contributed by atoms with Gasteiger partial charge in [-0.2, -0.15) is 9.78 Å². The summed E-state index contributed by atoms with van der Waals surface area (Å²) in [6, 6.07) is 8.65. The quantitative estimate of drug-likeness (QED) is 0.293. The Balaban J connectivity index is 2.03. The van der Waals surface area contributed by atoms with Crippen molar-refractivity contribution in [1.82, 2.24) is 9.66 Å². The summed E-state index contributed by atoms with van der Waals surface area (Å²) < 4.78 is 17.8. The van der Waals surface area contributed by atoms with Crippen LogP contribution in [0.5, 0.6) is 11.5 Å². The van der Waals surface area contributed by atoms with Gasteiger partial charge in [0.1, 0.15) is 5.82 Å². The number of aryl methyl sites for hydroxylation is 1. The van der Waals surface area contributed by atoms with Crippen molar-refractivity contribution in [2.45, 2.75) is 26.7 Å². The molecule has 0 spiro atoms. The average Bonchev–Trinajstić information content (AvgIpc) is 2.79. The fourth-order valence-electron chi connectivity index (χ4n) is 3.08. The van der Waals surface area contributed by atoms with E-state index in [1.165, 1.54) is 18.0 Å². The minimum Gasteiger partial charge on any atom is -0.490 e. The van der Waals surface area contributed by atoms with Gasteiger partial charge in [-0.1, -0.05) is 34.5 Å². The van der Waals surface area contributed by atoms with Crippen molar-refractivity contribution in [3.05, 3.63) is 61.6 Å². The van der Waals surface area contributed by atoms with E-state index in [9.17, 15) is 9.59 Å². The number of aromatic nitrogens is 2. The Labute approximate surface area is 204 Å². The standard InChI is InChI=1S/C23H23BrClN3O5/c1-4-6-20-27-18-8-7-15(24)11-16(18)23(30)28(20)26-12-14-9-17(25)22(19(10-14)32-5-2)33-13-21(29)31-3/h7-12H,4-6,13H2,1-3H3. The van der Waals surface area contributed by atoms with E-state index < -0.39 is 5.97 Å². The zero-order chi connectivity index (χ0) is 24.0. The number of fused-ring (bicyclic) bond motifs is 1. The fraction of sp³-hybridized carbons (Fsp3) is 0.304. The zero-order valence-corrected chi connectivity index (χ0v) is 20.8. The third kappa shape index (κ3) is 5.91. The van der Waals surface area contributed by atoms with E-state index in [0.29, 0.717) is 41.1 Å². The first-order chi connectivity index (χ1) is 15.9. The summed E-state index contributed by atoms with van der Waals surface area (Å²) in [5, 5.41) is 5.09. The molecule has 0 amide bonds. The van der Waals surface area contributed by atoms with Crippen molar-refractivity contribution < 1.29 is 19.0 Å². The lowest BCUT2D eigenvalue weighted by Crippen LogP contribution is -2.22. The highest BCUT2D eigenvalue weighted by Gasteiger charge is 2.15. The van der Waals surface area contributed by atoms with Crippen LogP contribution in [-0.4, -0.2) is 42.2 Å². The second-order valence-electron chi connectivity index (χ2n) is 6.93. The van der Waals surface area contributed by atoms with Gasteiger partial charge in [-0.05, 0) is 49.2 Å². The molecule has 2 aromatic carbocycles. The molecule has 8 nitrogen and oxygen atoms in total. The van der Waals surface area contributed by atoms with Crippen molar-refractivity contribution >= 4 is 50.6 Å². The minimum absolute atomic E-state index is 0.224. The van der Waals surface area contributed by atoms with Gasteiger partial charge >= 0.3 is 5.97 Å². The molecule has 0 radical (unpaired) electrons. The van der Waals surface area contributed by atoms with Crippen molar-refractivity contribution in [2.75, 3.05) is 20.3 Å². The summed E-state index contributed by atoms with van der Waals surface area (Å²) in [6.45, 7) is 3.87. The molecule has 0 aliphatic rings. The first-order valence-corrected chi connectivity index (χ1v) is 11.5. The number of esters is 1. The number of methoxy groups -OCH3 is 1. The number of carbonyl (C=O) groups excluding carboxylic acids is 1. The lowest BCUT2D eigenvalue weighted by molar-refractivity contribution is -0.142. The molecule has 1 heterocycles. The molecule has 0 bridgehead atoms. The second kappa shape index (κ2) is 11.3. The third-order valence-corrected chi connectivity index (χ3v) is 5.34. The zero-order valence-electron chi connectivity index (χ0n) is 18.4. The largest absolute Gasteiger partial charge is 0.490 e. The number of nitrogens with zero attached hydrogens (tertiary/aromatic N) is 3. The van der Waals surface area contributed by atoms with Crippen LogP contribution in [0.15, 0.2) is 44.7 Å². The molecule has 33 heavy (non-hydrogen) atoms. The first kappa shape index (κ1) is 24.7. The predicted molar refractivity (Wildman–Crippen MR) is 131 cm³/mol. The SMILES string of the molecule is CCCc1nc2ccc(Br)cc2c(=O)n1N=Cc1cc(Cl)c(OCC(=O)OC)c(OCC)c1. The molecular formula is C23H23BrClN3O5. The Morgan fingerprint density at radius 2 is 2.03 bits per heavy atom. The van der Waals surface area contributed by atoms with Gasteiger partial charge in [0.05, 0.1) is 35.9 Å². The normalized spacial score (nSPS) is 11.2. The molecule has 0 unspecified atom stereocenters. The molecule has 0 saturated heterocycles. The predicted octanol–water partition coefficient (Wildman–Crippen LogP) is 4.60. The highest BCUT2D eigenvalue weighted by atomic mass is 79.9. The van der Waals surface area contributed by atoms with Crippen LogP contribution in [0.25, 0.3) is 10.9 Å². The van der Waals surface area contributed by atoms with Gasteiger partial charge in [-0.25, -0.2) is 9.78 Å². The van der Waals surface area contributed by atoms with Gasteiger partial charge in [0.15, 0.2) is 18.1 Å². The second-order valence-corrected chi connectivity index (χ2v) is 8.25. The average molecular weight is 537 g/mol. The smallest absolute Gasteiger partial charge is 0.343 e. The van der Waals surface area contributed by atoms with E-state index >= 15 is 0 Å². The molecule has 174 valence electrons. The molecule has 0 fully saturated rings. The monoisotopic (exact) mass is 535 g/mol. The van der Waals surface area contributed by atoms with Crippen LogP contribution in [0.3, 0.4) is 0 Å². The Morgan fingerprint density at radius 1 is 1.24 bits per heavy atom. The Kier molecular flexibility index (Phi) is 8.46. The maximum Gasteiger partial charge on any atom is 0.343 e. The van der Waals surface area contributed by atoms with Crippen molar-refractivity contribution in [2.24, 2.45) is 5.10 Å². The summed E-state index contributed by atoms with van der Waals surface area (Å²) in [7, 11) is 1.27. The van der Waals surface area contributed by atoms with Crippen LogP contribution in [0.2, 0.25) is 5.02 Å². The summed E-state index contributed by atoms with van der Waals surface area (Å²) in [5.41, 5.74) is 0.930. The number of carbonyl (C=O) groups is 1. The maximum absolute atomic E-state index is 13.1. The first-order valence-electron chi connectivity index (χ1n) is 10.3. The van der Waals surface area contributed by atoms with E-state index in [2.05, 4.69) is 30.8 Å². The number of hydrogen-bond donors (Lipinski definition) is 0. The minimum atomic E-state index is -0.544. The van der Waals surface area contributed by atoms with Gasteiger partial charge < -0.3 is 14.2 Å². The summed E-state index contributed by atoms with van der Waals surface area (Å²) >= 11 is 9.78. The van der Waals surface area contributed by atoms with E-state index in [1.54, 1.807) is 24.3 Å². The van der Waals surface area contributed by atoms with Gasteiger partial charge in [0.25, 0.3) is 5.56 Å². The number of hydrogen-bond acceptors (Lipinski definition) is 7. The van der Waals surface area contributed by atoms with E-state index in [1.807, 2.05) is 19.9 Å². The highest BCUT2D eigenvalue weighted by molar-refractivity contribution is 9.10. The molecule has 3 rings (SSSR count). The Hall–Kier alpha value is -2.91.